The molecular weight excluding hydrogens is 223 g/mol. The summed E-state index contributed by atoms with van der Waals surface area (Å²) in [4.78, 5) is 11.8. The van der Waals surface area contributed by atoms with Crippen LogP contribution in [0.25, 0.3) is 0 Å². The van der Waals surface area contributed by atoms with Crippen LogP contribution in [0.3, 0.4) is 0 Å². The topological polar surface area (TPSA) is 40.5 Å². The van der Waals surface area contributed by atoms with E-state index < -0.39 is 24.6 Å². The highest BCUT2D eigenvalue weighted by Crippen LogP contribution is 2.27. The molecule has 0 aromatic heterocycles. The molecule has 0 heterocycles. The Balaban J connectivity index is 4.63. The van der Waals surface area contributed by atoms with E-state index in [1.807, 2.05) is 0 Å². The van der Waals surface area contributed by atoms with Crippen LogP contribution < -0.4 is 0 Å². The van der Waals surface area contributed by atoms with Gasteiger partial charge in [0, 0.05) is 19.6 Å². The Morgan fingerprint density at radius 1 is 1.31 bits per heavy atom. The van der Waals surface area contributed by atoms with E-state index >= 15 is 0 Å². The second kappa shape index (κ2) is 6.32. The quantitative estimate of drug-likeness (QED) is 0.688. The normalized spacial score (nSPS) is 13.5. The van der Waals surface area contributed by atoms with Crippen LogP contribution in [0, 0.1) is 5.92 Å². The van der Waals surface area contributed by atoms with Crippen LogP contribution in [-0.2, 0) is 4.79 Å². The maximum atomic E-state index is 12.4. The van der Waals surface area contributed by atoms with Crippen molar-refractivity contribution in [2.24, 2.45) is 5.92 Å². The second-order valence-electron chi connectivity index (χ2n) is 3.23. The van der Waals surface area contributed by atoms with E-state index in [0.717, 1.165) is 0 Å². The zero-order chi connectivity index (χ0) is 12.8. The molecule has 3 nitrogen and oxygen atoms in total. The van der Waals surface area contributed by atoms with Crippen molar-refractivity contribution in [2.75, 3.05) is 19.6 Å². The average Bonchev–Trinajstić information content (AvgIpc) is 2.12. The summed E-state index contributed by atoms with van der Waals surface area (Å²) in [6, 6.07) is 0. The van der Waals surface area contributed by atoms with E-state index in [4.69, 9.17) is 5.11 Å². The van der Waals surface area contributed by atoms with Crippen molar-refractivity contribution in [3.8, 4) is 0 Å². The van der Waals surface area contributed by atoms with Crippen LogP contribution in [0.5, 0.6) is 0 Å². The number of rotatable bonds is 7. The zero-order valence-electron chi connectivity index (χ0n) is 8.70. The summed E-state index contributed by atoms with van der Waals surface area (Å²) >= 11 is 0. The summed E-state index contributed by atoms with van der Waals surface area (Å²) in [6.07, 6.45) is -1.91. The van der Waals surface area contributed by atoms with E-state index in [-0.39, 0.29) is 13.1 Å². The van der Waals surface area contributed by atoms with Gasteiger partial charge in [0.05, 0.1) is 0 Å². The molecule has 0 bridgehead atoms. The number of nitrogens with zero attached hydrogens (tertiary/aromatic N) is 1. The number of alkyl halides is 3. The number of hydrogen-bond acceptors (Lipinski definition) is 2. The number of aliphatic carboxylic acids is 1. The molecule has 92 valence electrons. The molecule has 1 unspecified atom stereocenters. The maximum Gasteiger partial charge on any atom is 0.403 e. The van der Waals surface area contributed by atoms with Crippen molar-refractivity contribution in [2.45, 2.75) is 6.18 Å². The first-order chi connectivity index (χ1) is 7.32. The fourth-order valence-electron chi connectivity index (χ4n) is 1.17. The van der Waals surface area contributed by atoms with E-state index in [2.05, 4.69) is 13.2 Å². The Morgan fingerprint density at radius 3 is 2.00 bits per heavy atom. The predicted octanol–water partition coefficient (Wildman–Crippen LogP) is 1.92. The third-order valence-electron chi connectivity index (χ3n) is 1.91. The van der Waals surface area contributed by atoms with E-state index in [1.54, 1.807) is 0 Å². The van der Waals surface area contributed by atoms with E-state index in [9.17, 15) is 18.0 Å². The molecule has 0 aliphatic rings. The van der Waals surface area contributed by atoms with Gasteiger partial charge in [-0.2, -0.15) is 13.2 Å². The lowest BCUT2D eigenvalue weighted by molar-refractivity contribution is -0.196. The SMILES string of the molecule is C=CCN(CC=C)CC(C(=O)O)C(F)(F)F. The predicted molar refractivity (Wildman–Crippen MR) is 54.0 cm³/mol. The highest BCUT2D eigenvalue weighted by atomic mass is 19.4. The van der Waals surface area contributed by atoms with Crippen molar-refractivity contribution in [3.63, 3.8) is 0 Å². The van der Waals surface area contributed by atoms with Crippen LogP contribution in [0.1, 0.15) is 0 Å². The van der Waals surface area contributed by atoms with Gasteiger partial charge in [0.2, 0.25) is 0 Å². The number of carboxylic acids is 1. The van der Waals surface area contributed by atoms with Crippen molar-refractivity contribution in [1.29, 1.82) is 0 Å². The number of carbonyl (C=O) groups is 1. The smallest absolute Gasteiger partial charge is 0.403 e. The summed E-state index contributed by atoms with van der Waals surface area (Å²) in [6.45, 7) is 6.56. The van der Waals surface area contributed by atoms with Gasteiger partial charge in [-0.05, 0) is 0 Å². The highest BCUT2D eigenvalue weighted by molar-refractivity contribution is 5.71. The molecule has 0 aromatic carbocycles. The fraction of sp³-hybridized carbons (Fsp3) is 0.500. The summed E-state index contributed by atoms with van der Waals surface area (Å²) in [7, 11) is 0. The summed E-state index contributed by atoms with van der Waals surface area (Å²) < 4.78 is 37.1. The third kappa shape index (κ3) is 4.97. The minimum absolute atomic E-state index is 0.186. The van der Waals surface area contributed by atoms with Gasteiger partial charge in [-0.1, -0.05) is 12.2 Å². The standard InChI is InChI=1S/C10H14F3NO2/c1-3-5-14(6-4-2)7-8(9(15)16)10(11,12)13/h3-4,8H,1-2,5-7H2,(H,15,16). The molecule has 0 spiro atoms. The Kier molecular flexibility index (Phi) is 5.81. The zero-order valence-corrected chi connectivity index (χ0v) is 8.70. The Hall–Kier alpha value is -1.30. The van der Waals surface area contributed by atoms with Gasteiger partial charge in [-0.15, -0.1) is 13.2 Å². The molecule has 0 aliphatic heterocycles. The molecule has 1 atom stereocenters. The number of halogens is 3. The van der Waals surface area contributed by atoms with Crippen molar-refractivity contribution >= 4 is 5.97 Å². The lowest BCUT2D eigenvalue weighted by Gasteiger charge is -2.24. The van der Waals surface area contributed by atoms with Gasteiger partial charge in [0.1, 0.15) is 0 Å². The van der Waals surface area contributed by atoms with Crippen LogP contribution in [0.2, 0.25) is 0 Å². The lowest BCUT2D eigenvalue weighted by atomic mass is 10.1. The molecule has 0 aliphatic carbocycles. The number of hydrogen-bond donors (Lipinski definition) is 1. The molecule has 0 aromatic rings. The number of carboxylic acid groups (broad SMARTS) is 1. The fourth-order valence-corrected chi connectivity index (χ4v) is 1.17. The molecule has 6 heteroatoms. The summed E-state index contributed by atoms with van der Waals surface area (Å²) in [5, 5.41) is 8.50. The second-order valence-corrected chi connectivity index (χ2v) is 3.23. The van der Waals surface area contributed by atoms with Gasteiger partial charge in [0.15, 0.2) is 5.92 Å². The molecule has 16 heavy (non-hydrogen) atoms. The van der Waals surface area contributed by atoms with Gasteiger partial charge in [-0.3, -0.25) is 9.69 Å². The average molecular weight is 237 g/mol. The third-order valence-corrected chi connectivity index (χ3v) is 1.91. The molecule has 0 saturated heterocycles. The van der Waals surface area contributed by atoms with Crippen LogP contribution in [0.4, 0.5) is 13.2 Å². The maximum absolute atomic E-state index is 12.4. The Bertz CT molecular complexity index is 253. The minimum atomic E-state index is -4.74. The van der Waals surface area contributed by atoms with E-state index in [1.165, 1.54) is 17.1 Å². The largest absolute Gasteiger partial charge is 0.481 e. The van der Waals surface area contributed by atoms with Gasteiger partial charge in [-0.25, -0.2) is 0 Å². The molecule has 0 rings (SSSR count). The first-order valence-corrected chi connectivity index (χ1v) is 4.56. The molecular formula is C10H14F3NO2. The minimum Gasteiger partial charge on any atom is -0.481 e. The first kappa shape index (κ1) is 14.7. The molecule has 0 amide bonds. The van der Waals surface area contributed by atoms with Crippen LogP contribution in [0.15, 0.2) is 25.3 Å². The molecule has 1 N–H and O–H groups in total. The van der Waals surface area contributed by atoms with Crippen molar-refractivity contribution < 1.29 is 23.1 Å². The summed E-state index contributed by atoms with van der Waals surface area (Å²) in [5.74, 6) is -4.25. The van der Waals surface area contributed by atoms with Crippen molar-refractivity contribution in [3.05, 3.63) is 25.3 Å². The first-order valence-electron chi connectivity index (χ1n) is 4.56. The monoisotopic (exact) mass is 237 g/mol. The molecule has 0 saturated carbocycles. The molecule has 0 radical (unpaired) electrons. The van der Waals surface area contributed by atoms with Gasteiger partial charge in [0.25, 0.3) is 0 Å². The Morgan fingerprint density at radius 2 is 1.75 bits per heavy atom. The van der Waals surface area contributed by atoms with Crippen LogP contribution in [-0.4, -0.2) is 41.8 Å². The molecule has 0 fully saturated rings. The lowest BCUT2D eigenvalue weighted by Crippen LogP contribution is -2.41. The van der Waals surface area contributed by atoms with E-state index in [0.29, 0.717) is 0 Å². The van der Waals surface area contributed by atoms with Crippen LogP contribution >= 0.6 is 0 Å². The van der Waals surface area contributed by atoms with Crippen molar-refractivity contribution in [1.82, 2.24) is 4.90 Å². The van der Waals surface area contributed by atoms with Gasteiger partial charge >= 0.3 is 12.1 Å². The Labute approximate surface area is 91.9 Å². The summed E-state index contributed by atoms with van der Waals surface area (Å²) in [5.41, 5.74) is 0. The highest BCUT2D eigenvalue weighted by Gasteiger charge is 2.45. The van der Waals surface area contributed by atoms with Gasteiger partial charge < -0.3 is 5.11 Å².